The van der Waals surface area contributed by atoms with E-state index in [2.05, 4.69) is 6.58 Å². The van der Waals surface area contributed by atoms with Gasteiger partial charge < -0.3 is 14.4 Å². The molecule has 1 unspecified atom stereocenters. The molecule has 1 aromatic rings. The third-order valence-electron chi connectivity index (χ3n) is 3.24. The molecule has 0 N–H and O–H groups in total. The quantitative estimate of drug-likeness (QED) is 0.796. The van der Waals surface area contributed by atoms with Crippen LogP contribution in [-0.2, 0) is 19.9 Å². The molecule has 1 saturated heterocycles. The van der Waals surface area contributed by atoms with Gasteiger partial charge in [0.05, 0.1) is 18.1 Å². The third-order valence-corrected chi connectivity index (χ3v) is 4.57. The van der Waals surface area contributed by atoms with E-state index in [9.17, 15) is 4.79 Å². The van der Waals surface area contributed by atoms with Crippen LogP contribution < -0.4 is 0 Å². The fourth-order valence-electron chi connectivity index (χ4n) is 2.08. The van der Waals surface area contributed by atoms with Crippen molar-refractivity contribution in [3.05, 3.63) is 28.5 Å². The van der Waals surface area contributed by atoms with Gasteiger partial charge in [-0.1, -0.05) is 6.58 Å². The molecule has 1 amide bonds. The summed E-state index contributed by atoms with van der Waals surface area (Å²) in [7, 11) is 1.80. The van der Waals surface area contributed by atoms with E-state index in [-0.39, 0.29) is 5.91 Å². The highest BCUT2D eigenvalue weighted by Crippen LogP contribution is 2.36. The monoisotopic (exact) mass is 281 g/mol. The highest BCUT2D eigenvalue weighted by Gasteiger charge is 2.42. The molecule has 104 valence electrons. The highest BCUT2D eigenvalue weighted by atomic mass is 32.1. The van der Waals surface area contributed by atoms with Gasteiger partial charge in [-0.05, 0) is 26.0 Å². The van der Waals surface area contributed by atoms with E-state index in [0.29, 0.717) is 25.5 Å². The maximum atomic E-state index is 12.3. The molecule has 0 bridgehead atoms. The van der Waals surface area contributed by atoms with Gasteiger partial charge >= 0.3 is 0 Å². The van der Waals surface area contributed by atoms with E-state index in [1.807, 2.05) is 26.0 Å². The van der Waals surface area contributed by atoms with Crippen molar-refractivity contribution in [2.45, 2.75) is 19.4 Å². The number of hydrogen-bond acceptors (Lipinski definition) is 4. The maximum absolute atomic E-state index is 12.3. The van der Waals surface area contributed by atoms with Crippen LogP contribution >= 0.6 is 11.3 Å². The van der Waals surface area contributed by atoms with E-state index in [1.54, 1.807) is 11.9 Å². The van der Waals surface area contributed by atoms with E-state index in [1.165, 1.54) is 11.3 Å². The average molecular weight is 281 g/mol. The predicted octanol–water partition coefficient (Wildman–Crippen LogP) is 2.46. The van der Waals surface area contributed by atoms with Gasteiger partial charge in [-0.15, -0.1) is 11.3 Å². The summed E-state index contributed by atoms with van der Waals surface area (Å²) in [6, 6.07) is 3.84. The number of carbonyl (C=O) groups excluding carboxylic acids is 1. The second kappa shape index (κ2) is 5.35. The molecule has 2 rings (SSSR count). The number of likely N-dealkylation sites (N-methyl/N-ethyl adjacent to an activating group) is 1. The molecule has 1 aliphatic rings. The number of ether oxygens (including phenoxy) is 2. The largest absolute Gasteiger partial charge is 0.493 e. The van der Waals surface area contributed by atoms with Gasteiger partial charge in [0, 0.05) is 18.5 Å². The fraction of sp³-hybridized carbons (Fsp3) is 0.500. The first-order valence-electron chi connectivity index (χ1n) is 6.31. The van der Waals surface area contributed by atoms with Gasteiger partial charge in [0.2, 0.25) is 0 Å². The van der Waals surface area contributed by atoms with Crippen LogP contribution in [0.15, 0.2) is 18.7 Å². The molecule has 1 aromatic heterocycles. The first kappa shape index (κ1) is 14.1. The summed E-state index contributed by atoms with van der Waals surface area (Å²) in [4.78, 5) is 15.8. The molecular weight excluding hydrogens is 262 g/mol. The molecule has 2 heterocycles. The van der Waals surface area contributed by atoms with Crippen LogP contribution in [0.1, 0.15) is 23.6 Å². The topological polar surface area (TPSA) is 38.8 Å². The second-order valence-electron chi connectivity index (χ2n) is 4.63. The van der Waals surface area contributed by atoms with E-state index in [4.69, 9.17) is 9.47 Å². The Morgan fingerprint density at radius 2 is 2.37 bits per heavy atom. The van der Waals surface area contributed by atoms with Gasteiger partial charge in [0.25, 0.3) is 5.91 Å². The Kier molecular flexibility index (Phi) is 3.96. The molecule has 1 fully saturated rings. The smallest absolute Gasteiger partial charge is 0.259 e. The molecule has 0 saturated carbocycles. The van der Waals surface area contributed by atoms with Crippen molar-refractivity contribution < 1.29 is 14.3 Å². The van der Waals surface area contributed by atoms with Gasteiger partial charge in [0.15, 0.2) is 5.60 Å². The summed E-state index contributed by atoms with van der Waals surface area (Å²) >= 11 is 1.50. The number of carbonyl (C=O) groups is 1. The minimum absolute atomic E-state index is 0.00540. The average Bonchev–Trinajstić information content (AvgIpc) is 2.86. The first-order chi connectivity index (χ1) is 8.99. The Bertz CT molecular complexity index is 497. The van der Waals surface area contributed by atoms with Crippen molar-refractivity contribution in [1.29, 1.82) is 0 Å². The molecule has 1 aliphatic heterocycles. The summed E-state index contributed by atoms with van der Waals surface area (Å²) < 4.78 is 11.1. The van der Waals surface area contributed by atoms with Crippen LogP contribution in [0.3, 0.4) is 0 Å². The molecule has 1 atom stereocenters. The van der Waals surface area contributed by atoms with Crippen LogP contribution in [0, 0.1) is 0 Å². The summed E-state index contributed by atoms with van der Waals surface area (Å²) in [5, 5.41) is 0. The Balaban J connectivity index is 2.26. The minimum Gasteiger partial charge on any atom is -0.493 e. The summed E-state index contributed by atoms with van der Waals surface area (Å²) in [6.07, 6.45) is 0. The lowest BCUT2D eigenvalue weighted by atomic mass is 10.0. The Morgan fingerprint density at radius 1 is 1.63 bits per heavy atom. The van der Waals surface area contributed by atoms with Crippen molar-refractivity contribution in [3.63, 3.8) is 0 Å². The van der Waals surface area contributed by atoms with Crippen LogP contribution in [0.5, 0.6) is 0 Å². The molecule has 0 aliphatic carbocycles. The number of morpholine rings is 1. The van der Waals surface area contributed by atoms with Gasteiger partial charge in [-0.3, -0.25) is 4.79 Å². The number of rotatable bonds is 4. The van der Waals surface area contributed by atoms with Gasteiger partial charge in [-0.2, -0.15) is 0 Å². The zero-order valence-electron chi connectivity index (χ0n) is 11.6. The van der Waals surface area contributed by atoms with Gasteiger partial charge in [0.1, 0.15) is 5.76 Å². The summed E-state index contributed by atoms with van der Waals surface area (Å²) in [6.45, 7) is 9.40. The molecule has 5 heteroatoms. The number of hydrogen-bond donors (Lipinski definition) is 0. The number of amides is 1. The standard InChI is InChI=1S/C14H19NO3S/c1-5-17-10(2)11-6-7-12(19-11)14(3)13(16)15(4)8-9-18-14/h6-7H,2,5,8-9H2,1,3-4H3. The fourth-order valence-corrected chi connectivity index (χ4v) is 3.10. The van der Waals surface area contributed by atoms with E-state index >= 15 is 0 Å². The maximum Gasteiger partial charge on any atom is 0.259 e. The van der Waals surface area contributed by atoms with E-state index in [0.717, 1.165) is 9.75 Å². The van der Waals surface area contributed by atoms with Crippen LogP contribution in [0.25, 0.3) is 5.76 Å². The molecule has 0 aromatic carbocycles. The third kappa shape index (κ3) is 2.53. The Labute approximate surface area is 117 Å². The summed E-state index contributed by atoms with van der Waals surface area (Å²) in [5.74, 6) is 0.633. The molecule has 4 nitrogen and oxygen atoms in total. The Morgan fingerprint density at radius 3 is 3.05 bits per heavy atom. The van der Waals surface area contributed by atoms with Crippen molar-refractivity contribution in [1.82, 2.24) is 4.90 Å². The zero-order valence-corrected chi connectivity index (χ0v) is 12.4. The normalized spacial score (nSPS) is 23.5. The highest BCUT2D eigenvalue weighted by molar-refractivity contribution is 7.13. The second-order valence-corrected chi connectivity index (χ2v) is 5.71. The molecule has 19 heavy (non-hydrogen) atoms. The van der Waals surface area contributed by atoms with Crippen molar-refractivity contribution in [3.8, 4) is 0 Å². The van der Waals surface area contributed by atoms with Crippen molar-refractivity contribution in [2.75, 3.05) is 26.8 Å². The Hall–Kier alpha value is -1.33. The van der Waals surface area contributed by atoms with Crippen LogP contribution in [0.4, 0.5) is 0 Å². The SMILES string of the molecule is C=C(OCC)c1ccc(C2(C)OCCN(C)C2=O)s1. The number of thiophene rings is 1. The molecule has 0 radical (unpaired) electrons. The minimum atomic E-state index is -0.886. The van der Waals surface area contributed by atoms with Gasteiger partial charge in [-0.25, -0.2) is 0 Å². The van der Waals surface area contributed by atoms with E-state index < -0.39 is 5.60 Å². The van der Waals surface area contributed by atoms with Crippen molar-refractivity contribution in [2.24, 2.45) is 0 Å². The lowest BCUT2D eigenvalue weighted by Crippen LogP contribution is -2.51. The zero-order chi connectivity index (χ0) is 14.0. The molecule has 0 spiro atoms. The van der Waals surface area contributed by atoms with Crippen LogP contribution in [-0.4, -0.2) is 37.6 Å². The lowest BCUT2D eigenvalue weighted by Gasteiger charge is -2.36. The van der Waals surface area contributed by atoms with Crippen molar-refractivity contribution >= 4 is 23.0 Å². The number of nitrogens with zero attached hydrogens (tertiary/aromatic N) is 1. The molecular formula is C14H19NO3S. The van der Waals surface area contributed by atoms with Crippen LogP contribution in [0.2, 0.25) is 0 Å². The lowest BCUT2D eigenvalue weighted by molar-refractivity contribution is -0.168. The summed E-state index contributed by atoms with van der Waals surface area (Å²) in [5.41, 5.74) is -0.886. The predicted molar refractivity (Wildman–Crippen MR) is 75.9 cm³/mol. The first-order valence-corrected chi connectivity index (χ1v) is 7.12.